The lowest BCUT2D eigenvalue weighted by atomic mass is 10.1. The zero-order valence-electron chi connectivity index (χ0n) is 17.3. The maximum absolute atomic E-state index is 12.5. The lowest BCUT2D eigenvalue weighted by Crippen LogP contribution is -2.20. The average Bonchev–Trinajstić information content (AvgIpc) is 3.22. The van der Waals surface area contributed by atoms with Crippen LogP contribution >= 0.6 is 11.6 Å². The van der Waals surface area contributed by atoms with Gasteiger partial charge < -0.3 is 14.5 Å². The second-order valence-corrected chi connectivity index (χ2v) is 7.94. The zero-order chi connectivity index (χ0) is 22.1. The molecule has 1 aromatic heterocycles. The van der Waals surface area contributed by atoms with Gasteiger partial charge in [0.25, 0.3) is 5.91 Å². The van der Waals surface area contributed by atoms with Gasteiger partial charge in [-0.3, -0.25) is 4.79 Å². The van der Waals surface area contributed by atoms with Gasteiger partial charge in [0.15, 0.2) is 12.2 Å². The van der Waals surface area contributed by atoms with E-state index in [0.717, 1.165) is 21.9 Å². The Morgan fingerprint density at radius 3 is 2.72 bits per heavy atom. The van der Waals surface area contributed by atoms with Crippen molar-refractivity contribution in [2.45, 2.75) is 6.92 Å². The van der Waals surface area contributed by atoms with Crippen molar-refractivity contribution in [3.05, 3.63) is 89.4 Å². The highest BCUT2D eigenvalue weighted by molar-refractivity contribution is 6.33. The van der Waals surface area contributed by atoms with E-state index >= 15 is 0 Å². The first-order valence-electron chi connectivity index (χ1n) is 10.1. The lowest BCUT2D eigenvalue weighted by molar-refractivity contribution is -0.118. The number of anilines is 1. The standard InChI is InChI=1S/C26H19ClN2O3/c1-16-6-11-24-23(12-16)29-26(32-24)19-8-10-21(27)22(14-19)28-25(30)15-31-20-9-7-17-4-2-3-5-18(17)13-20/h2-14H,15H2,1H3,(H,28,30). The molecule has 1 heterocycles. The van der Waals surface area contributed by atoms with Crippen LogP contribution in [0.15, 0.2) is 83.3 Å². The third-order valence-electron chi connectivity index (χ3n) is 5.12. The van der Waals surface area contributed by atoms with Gasteiger partial charge in [0.1, 0.15) is 11.3 Å². The lowest BCUT2D eigenvalue weighted by Gasteiger charge is -2.10. The van der Waals surface area contributed by atoms with Crippen molar-refractivity contribution in [1.82, 2.24) is 4.98 Å². The number of carbonyl (C=O) groups excluding carboxylic acids is 1. The first kappa shape index (κ1) is 20.1. The highest BCUT2D eigenvalue weighted by Gasteiger charge is 2.13. The molecule has 0 aliphatic carbocycles. The molecular formula is C26H19ClN2O3. The van der Waals surface area contributed by atoms with E-state index in [1.165, 1.54) is 0 Å². The average molecular weight is 443 g/mol. The number of nitrogens with zero attached hydrogens (tertiary/aromatic N) is 1. The molecule has 1 N–H and O–H groups in total. The van der Waals surface area contributed by atoms with Gasteiger partial charge in [-0.25, -0.2) is 4.98 Å². The summed E-state index contributed by atoms with van der Waals surface area (Å²) < 4.78 is 11.5. The molecular weight excluding hydrogens is 424 g/mol. The number of halogens is 1. The normalized spacial score (nSPS) is 11.1. The maximum atomic E-state index is 12.5. The Labute approximate surface area is 189 Å². The highest BCUT2D eigenvalue weighted by atomic mass is 35.5. The predicted octanol–water partition coefficient (Wildman–Crippen LogP) is 6.63. The summed E-state index contributed by atoms with van der Waals surface area (Å²) in [5, 5.41) is 5.39. The minimum atomic E-state index is -0.314. The van der Waals surface area contributed by atoms with E-state index in [-0.39, 0.29) is 12.5 Å². The molecule has 0 bridgehead atoms. The van der Waals surface area contributed by atoms with Gasteiger partial charge in [0.2, 0.25) is 5.89 Å². The van der Waals surface area contributed by atoms with Crippen LogP contribution in [0.3, 0.4) is 0 Å². The number of rotatable bonds is 5. The Kier molecular flexibility index (Phi) is 5.25. The van der Waals surface area contributed by atoms with Crippen LogP contribution in [-0.2, 0) is 4.79 Å². The van der Waals surface area contributed by atoms with Crippen molar-refractivity contribution < 1.29 is 13.9 Å². The van der Waals surface area contributed by atoms with Crippen molar-refractivity contribution in [3.8, 4) is 17.2 Å². The number of fused-ring (bicyclic) bond motifs is 2. The smallest absolute Gasteiger partial charge is 0.262 e. The van der Waals surface area contributed by atoms with Gasteiger partial charge in [-0.1, -0.05) is 48.0 Å². The van der Waals surface area contributed by atoms with Crippen molar-refractivity contribution in [2.24, 2.45) is 0 Å². The molecule has 0 radical (unpaired) electrons. The fourth-order valence-corrected chi connectivity index (χ4v) is 3.67. The Bertz CT molecular complexity index is 1460. The molecule has 0 spiro atoms. The number of benzene rings is 4. The van der Waals surface area contributed by atoms with E-state index in [4.69, 9.17) is 20.8 Å². The van der Waals surface area contributed by atoms with Crippen molar-refractivity contribution in [2.75, 3.05) is 11.9 Å². The number of hydrogen-bond acceptors (Lipinski definition) is 4. The van der Waals surface area contributed by atoms with Gasteiger partial charge >= 0.3 is 0 Å². The third-order valence-corrected chi connectivity index (χ3v) is 5.45. The summed E-state index contributed by atoms with van der Waals surface area (Å²) in [4.78, 5) is 17.0. The number of nitrogens with one attached hydrogen (secondary N) is 1. The predicted molar refractivity (Wildman–Crippen MR) is 127 cm³/mol. The molecule has 6 heteroatoms. The zero-order valence-corrected chi connectivity index (χ0v) is 18.0. The number of carbonyl (C=O) groups is 1. The van der Waals surface area contributed by atoms with E-state index in [9.17, 15) is 4.79 Å². The van der Waals surface area contributed by atoms with Gasteiger partial charge in [-0.05, 0) is 65.7 Å². The molecule has 5 nitrogen and oxygen atoms in total. The molecule has 0 saturated carbocycles. The van der Waals surface area contributed by atoms with Gasteiger partial charge in [-0.15, -0.1) is 0 Å². The molecule has 5 rings (SSSR count). The van der Waals surface area contributed by atoms with Crippen LogP contribution in [0.1, 0.15) is 5.56 Å². The van der Waals surface area contributed by atoms with Gasteiger partial charge in [0, 0.05) is 5.56 Å². The van der Waals surface area contributed by atoms with E-state index in [2.05, 4.69) is 10.3 Å². The summed E-state index contributed by atoms with van der Waals surface area (Å²) in [5.74, 6) is 0.774. The third kappa shape index (κ3) is 4.15. The van der Waals surface area contributed by atoms with Crippen LogP contribution in [0.5, 0.6) is 5.75 Å². The Balaban J connectivity index is 1.31. The first-order chi connectivity index (χ1) is 15.5. The Morgan fingerprint density at radius 2 is 1.84 bits per heavy atom. The summed E-state index contributed by atoms with van der Waals surface area (Å²) >= 11 is 6.30. The Hall–Kier alpha value is -3.83. The van der Waals surface area contributed by atoms with E-state index in [0.29, 0.717) is 33.5 Å². The number of oxazole rings is 1. The first-order valence-corrected chi connectivity index (χ1v) is 10.5. The summed E-state index contributed by atoms with van der Waals surface area (Å²) in [6.45, 7) is 1.87. The summed E-state index contributed by atoms with van der Waals surface area (Å²) in [5.41, 5.74) is 3.77. The summed E-state index contributed by atoms with van der Waals surface area (Å²) in [6, 6.07) is 24.8. The van der Waals surface area contributed by atoms with Crippen molar-refractivity contribution in [1.29, 1.82) is 0 Å². The number of hydrogen-bond donors (Lipinski definition) is 1. The van der Waals surface area contributed by atoms with E-state index < -0.39 is 0 Å². The molecule has 0 aliphatic rings. The Morgan fingerprint density at radius 1 is 1.00 bits per heavy atom. The molecule has 158 valence electrons. The SMILES string of the molecule is Cc1ccc2oc(-c3ccc(Cl)c(NC(=O)COc4ccc5ccccc5c4)c3)nc2c1. The minimum absolute atomic E-state index is 0.138. The molecule has 0 unspecified atom stereocenters. The van der Waals surface area contributed by atoms with Gasteiger partial charge in [-0.2, -0.15) is 0 Å². The molecule has 0 aliphatic heterocycles. The molecule has 1 amide bonds. The molecule has 0 atom stereocenters. The second-order valence-electron chi connectivity index (χ2n) is 7.53. The second kappa shape index (κ2) is 8.36. The molecule has 5 aromatic rings. The van der Waals surface area contributed by atoms with E-state index in [1.54, 1.807) is 18.2 Å². The molecule has 32 heavy (non-hydrogen) atoms. The number of aromatic nitrogens is 1. The molecule has 4 aromatic carbocycles. The van der Waals surface area contributed by atoms with Gasteiger partial charge in [0.05, 0.1) is 10.7 Å². The van der Waals surface area contributed by atoms with Crippen molar-refractivity contribution in [3.63, 3.8) is 0 Å². The fourth-order valence-electron chi connectivity index (χ4n) is 3.51. The van der Waals surface area contributed by atoms with Crippen LogP contribution in [0.25, 0.3) is 33.3 Å². The molecule has 0 saturated heterocycles. The fraction of sp³-hybridized carbons (Fsp3) is 0.0769. The monoisotopic (exact) mass is 442 g/mol. The number of ether oxygens (including phenoxy) is 1. The largest absolute Gasteiger partial charge is 0.484 e. The quantitative estimate of drug-likeness (QED) is 0.332. The van der Waals surface area contributed by atoms with Crippen LogP contribution < -0.4 is 10.1 Å². The summed E-state index contributed by atoms with van der Waals surface area (Å²) in [6.07, 6.45) is 0. The number of aryl methyl sites for hydroxylation is 1. The van der Waals surface area contributed by atoms with Crippen LogP contribution in [0.2, 0.25) is 5.02 Å². The van der Waals surface area contributed by atoms with Crippen LogP contribution in [0, 0.1) is 6.92 Å². The van der Waals surface area contributed by atoms with Crippen molar-refractivity contribution >= 4 is 45.1 Å². The highest BCUT2D eigenvalue weighted by Crippen LogP contribution is 2.31. The van der Waals surface area contributed by atoms with E-state index in [1.807, 2.05) is 67.6 Å². The van der Waals surface area contributed by atoms with Crippen LogP contribution in [-0.4, -0.2) is 17.5 Å². The number of amides is 1. The minimum Gasteiger partial charge on any atom is -0.484 e. The summed E-state index contributed by atoms with van der Waals surface area (Å²) in [7, 11) is 0. The topological polar surface area (TPSA) is 64.4 Å². The maximum Gasteiger partial charge on any atom is 0.262 e. The molecule has 0 fully saturated rings. The van der Waals surface area contributed by atoms with Crippen LogP contribution in [0.4, 0.5) is 5.69 Å².